The zero-order valence-corrected chi connectivity index (χ0v) is 14.0. The number of halogens is 1. The normalized spacial score (nSPS) is 18.2. The van der Waals surface area contributed by atoms with Gasteiger partial charge >= 0.3 is 0 Å². The van der Waals surface area contributed by atoms with E-state index in [2.05, 4.69) is 4.98 Å². The molecular weight excluding hydrogens is 315 g/mol. The van der Waals surface area contributed by atoms with Crippen molar-refractivity contribution in [3.05, 3.63) is 51.2 Å². The molecule has 1 unspecified atom stereocenters. The fraction of sp³-hybridized carbons (Fsp3) is 0.412. The van der Waals surface area contributed by atoms with Gasteiger partial charge in [-0.25, -0.2) is 9.37 Å². The van der Waals surface area contributed by atoms with Crippen molar-refractivity contribution in [3.8, 4) is 0 Å². The van der Waals surface area contributed by atoms with Crippen LogP contribution in [0.25, 0.3) is 0 Å². The first-order valence-corrected chi connectivity index (χ1v) is 8.45. The molecule has 4 nitrogen and oxygen atoms in total. The number of ether oxygens (including phenoxy) is 1. The van der Waals surface area contributed by atoms with Crippen LogP contribution in [0, 0.1) is 12.7 Å². The number of rotatable bonds is 3. The molecule has 2 heterocycles. The van der Waals surface area contributed by atoms with E-state index in [1.54, 1.807) is 12.1 Å². The van der Waals surface area contributed by atoms with Crippen molar-refractivity contribution in [2.45, 2.75) is 26.3 Å². The summed E-state index contributed by atoms with van der Waals surface area (Å²) in [6, 6.07) is 6.46. The smallest absolute Gasteiger partial charge is 0.266 e. The molecule has 0 spiro atoms. The molecule has 1 aliphatic rings. The number of hydrogen-bond donors (Lipinski definition) is 0. The summed E-state index contributed by atoms with van der Waals surface area (Å²) in [5.74, 6) is -0.220. The van der Waals surface area contributed by atoms with Gasteiger partial charge in [0.2, 0.25) is 0 Å². The van der Waals surface area contributed by atoms with Gasteiger partial charge in [0, 0.05) is 13.0 Å². The van der Waals surface area contributed by atoms with Gasteiger partial charge in [-0.2, -0.15) is 0 Å². The Morgan fingerprint density at radius 3 is 2.87 bits per heavy atom. The fourth-order valence-electron chi connectivity index (χ4n) is 2.66. The first kappa shape index (κ1) is 16.1. The van der Waals surface area contributed by atoms with Gasteiger partial charge in [-0.1, -0.05) is 12.1 Å². The maximum Gasteiger partial charge on any atom is 0.266 e. The van der Waals surface area contributed by atoms with E-state index in [1.807, 2.05) is 18.7 Å². The van der Waals surface area contributed by atoms with Gasteiger partial charge in [0.25, 0.3) is 5.91 Å². The number of aromatic nitrogens is 1. The van der Waals surface area contributed by atoms with E-state index in [0.717, 1.165) is 16.3 Å². The first-order chi connectivity index (χ1) is 11.0. The van der Waals surface area contributed by atoms with Crippen LogP contribution in [-0.2, 0) is 11.2 Å². The highest BCUT2D eigenvalue weighted by Gasteiger charge is 2.27. The summed E-state index contributed by atoms with van der Waals surface area (Å²) in [5, 5.41) is 0.873. The highest BCUT2D eigenvalue weighted by molar-refractivity contribution is 7.13. The average molecular weight is 334 g/mol. The molecule has 0 N–H and O–H groups in total. The fourth-order valence-corrected chi connectivity index (χ4v) is 3.72. The van der Waals surface area contributed by atoms with E-state index in [1.165, 1.54) is 23.5 Å². The summed E-state index contributed by atoms with van der Waals surface area (Å²) < 4.78 is 18.4. The molecule has 1 atom stereocenters. The predicted molar refractivity (Wildman–Crippen MR) is 87.4 cm³/mol. The monoisotopic (exact) mass is 334 g/mol. The number of aryl methyl sites for hydroxylation is 1. The minimum atomic E-state index is -0.249. The summed E-state index contributed by atoms with van der Waals surface area (Å²) in [6.45, 7) is 5.63. The number of amides is 1. The van der Waals surface area contributed by atoms with Crippen LogP contribution in [0.3, 0.4) is 0 Å². The maximum atomic E-state index is 13.0. The van der Waals surface area contributed by atoms with Crippen LogP contribution < -0.4 is 0 Å². The minimum absolute atomic E-state index is 0.0288. The molecule has 23 heavy (non-hydrogen) atoms. The van der Waals surface area contributed by atoms with Crippen LogP contribution >= 0.6 is 11.3 Å². The number of benzene rings is 1. The lowest BCUT2D eigenvalue weighted by Gasteiger charge is -2.33. The molecule has 1 fully saturated rings. The van der Waals surface area contributed by atoms with E-state index in [0.29, 0.717) is 31.1 Å². The quantitative estimate of drug-likeness (QED) is 0.866. The molecule has 0 aliphatic carbocycles. The first-order valence-electron chi connectivity index (χ1n) is 7.64. The van der Waals surface area contributed by atoms with Crippen molar-refractivity contribution in [2.24, 2.45) is 0 Å². The Morgan fingerprint density at radius 2 is 2.17 bits per heavy atom. The molecule has 3 rings (SSSR count). The highest BCUT2D eigenvalue weighted by atomic mass is 32.1. The lowest BCUT2D eigenvalue weighted by molar-refractivity contribution is 0.00381. The number of thiazole rings is 1. The molecule has 1 aromatic carbocycles. The summed E-state index contributed by atoms with van der Waals surface area (Å²) in [7, 11) is 0. The lowest BCUT2D eigenvalue weighted by Crippen LogP contribution is -2.47. The molecule has 1 amide bonds. The van der Waals surface area contributed by atoms with E-state index < -0.39 is 0 Å². The second-order valence-corrected chi connectivity index (χ2v) is 6.83. The largest absolute Gasteiger partial charge is 0.377 e. The summed E-state index contributed by atoms with van der Waals surface area (Å²) in [5.41, 5.74) is 1.75. The Kier molecular flexibility index (Phi) is 4.73. The molecule has 122 valence electrons. The Balaban J connectivity index is 1.77. The van der Waals surface area contributed by atoms with E-state index in [-0.39, 0.29) is 17.8 Å². The summed E-state index contributed by atoms with van der Waals surface area (Å²) in [4.78, 5) is 19.8. The molecule has 0 bridgehead atoms. The summed E-state index contributed by atoms with van der Waals surface area (Å²) in [6.07, 6.45) is 0.609. The van der Waals surface area contributed by atoms with Gasteiger partial charge in [0.05, 0.1) is 30.0 Å². The molecule has 1 aliphatic heterocycles. The number of carbonyl (C=O) groups excluding carboxylic acids is 1. The number of carbonyl (C=O) groups is 1. The SMILES string of the molecule is Cc1nc(Cc2ccc(F)cc2)sc1C(=O)N1CCOCC1C. The molecule has 1 saturated heterocycles. The standard InChI is InChI=1S/C17H19FN2O2S/c1-11-10-22-8-7-20(11)17(21)16-12(2)19-15(23-16)9-13-3-5-14(18)6-4-13/h3-6,11H,7-10H2,1-2H3. The van der Waals surface area contributed by atoms with E-state index in [4.69, 9.17) is 4.74 Å². The highest BCUT2D eigenvalue weighted by Crippen LogP contribution is 2.24. The van der Waals surface area contributed by atoms with Gasteiger partial charge < -0.3 is 9.64 Å². The second kappa shape index (κ2) is 6.76. The second-order valence-electron chi connectivity index (χ2n) is 5.75. The number of nitrogens with zero attached hydrogens (tertiary/aromatic N) is 2. The van der Waals surface area contributed by atoms with Gasteiger partial charge in [0.15, 0.2) is 0 Å². The third-order valence-corrected chi connectivity index (χ3v) is 5.08. The van der Waals surface area contributed by atoms with Crippen LogP contribution in [0.2, 0.25) is 0 Å². The molecule has 0 radical (unpaired) electrons. The van der Waals surface area contributed by atoms with E-state index in [9.17, 15) is 9.18 Å². The average Bonchev–Trinajstić information content (AvgIpc) is 2.90. The Hall–Kier alpha value is -1.79. The van der Waals surface area contributed by atoms with Crippen LogP contribution in [-0.4, -0.2) is 41.6 Å². The van der Waals surface area contributed by atoms with Crippen molar-refractivity contribution in [1.29, 1.82) is 0 Å². The van der Waals surface area contributed by atoms with Gasteiger partial charge in [-0.05, 0) is 31.5 Å². The van der Waals surface area contributed by atoms with E-state index >= 15 is 0 Å². The molecule has 2 aromatic rings. The van der Waals surface area contributed by atoms with Gasteiger partial charge in [-0.15, -0.1) is 11.3 Å². The Morgan fingerprint density at radius 1 is 1.43 bits per heavy atom. The van der Waals surface area contributed by atoms with Crippen LogP contribution in [0.15, 0.2) is 24.3 Å². The van der Waals surface area contributed by atoms with Gasteiger partial charge in [0.1, 0.15) is 10.7 Å². The number of morpholine rings is 1. The van der Waals surface area contributed by atoms with Gasteiger partial charge in [-0.3, -0.25) is 4.79 Å². The van der Waals surface area contributed by atoms with Crippen molar-refractivity contribution >= 4 is 17.2 Å². The van der Waals surface area contributed by atoms with Crippen molar-refractivity contribution in [2.75, 3.05) is 19.8 Å². The van der Waals surface area contributed by atoms with Crippen molar-refractivity contribution < 1.29 is 13.9 Å². The zero-order chi connectivity index (χ0) is 16.4. The molecule has 1 aromatic heterocycles. The Bertz CT molecular complexity index is 699. The molecule has 0 saturated carbocycles. The maximum absolute atomic E-state index is 13.0. The zero-order valence-electron chi connectivity index (χ0n) is 13.2. The third kappa shape index (κ3) is 3.59. The molecule has 6 heteroatoms. The topological polar surface area (TPSA) is 42.4 Å². The summed E-state index contributed by atoms with van der Waals surface area (Å²) >= 11 is 1.43. The predicted octanol–water partition coefficient (Wildman–Crippen LogP) is 3.04. The lowest BCUT2D eigenvalue weighted by atomic mass is 10.1. The van der Waals surface area contributed by atoms with Crippen molar-refractivity contribution in [3.63, 3.8) is 0 Å². The third-order valence-electron chi connectivity index (χ3n) is 3.93. The Labute approximate surface area is 138 Å². The number of hydrogen-bond acceptors (Lipinski definition) is 4. The van der Waals surface area contributed by atoms with Crippen LogP contribution in [0.1, 0.15) is 32.9 Å². The van der Waals surface area contributed by atoms with Crippen molar-refractivity contribution in [1.82, 2.24) is 9.88 Å². The molecular formula is C17H19FN2O2S. The minimum Gasteiger partial charge on any atom is -0.377 e. The van der Waals surface area contributed by atoms with Crippen LogP contribution in [0.4, 0.5) is 4.39 Å². The van der Waals surface area contributed by atoms with Crippen LogP contribution in [0.5, 0.6) is 0 Å².